The van der Waals surface area contributed by atoms with Crippen molar-refractivity contribution in [1.29, 1.82) is 0 Å². The Hall–Kier alpha value is -2.68. The van der Waals surface area contributed by atoms with Gasteiger partial charge in [-0.3, -0.25) is 9.79 Å². The van der Waals surface area contributed by atoms with Crippen molar-refractivity contribution in [3.05, 3.63) is 71.9 Å². The third kappa shape index (κ3) is 3.75. The van der Waals surface area contributed by atoms with E-state index in [9.17, 15) is 4.79 Å². The Labute approximate surface area is 136 Å². The number of rotatable bonds is 6. The molecule has 0 radical (unpaired) electrons. The highest BCUT2D eigenvalue weighted by Crippen LogP contribution is 2.18. The predicted molar refractivity (Wildman–Crippen MR) is 95.4 cm³/mol. The number of para-hydroxylation sites is 1. The van der Waals surface area contributed by atoms with Crippen molar-refractivity contribution in [3.63, 3.8) is 0 Å². The summed E-state index contributed by atoms with van der Waals surface area (Å²) in [5, 5.41) is 1.25. The number of ketones is 1. The van der Waals surface area contributed by atoms with Crippen LogP contribution in [0.25, 0.3) is 10.9 Å². The van der Waals surface area contributed by atoms with Crippen molar-refractivity contribution >= 4 is 22.4 Å². The van der Waals surface area contributed by atoms with Crippen LogP contribution in [0.5, 0.6) is 0 Å². The van der Waals surface area contributed by atoms with Crippen LogP contribution < -0.4 is 0 Å². The molecule has 0 saturated heterocycles. The number of Topliss-reactive ketones (excluding diaryl/α,β-unsaturated/α-hetero) is 1. The molecule has 23 heavy (non-hydrogen) atoms. The van der Waals surface area contributed by atoms with Gasteiger partial charge in [0.25, 0.3) is 0 Å². The lowest BCUT2D eigenvalue weighted by Crippen LogP contribution is -2.06. The van der Waals surface area contributed by atoms with E-state index in [-0.39, 0.29) is 5.78 Å². The Morgan fingerprint density at radius 2 is 1.78 bits per heavy atom. The smallest absolute Gasteiger partial charge is 0.168 e. The molecule has 0 saturated carbocycles. The molecule has 3 rings (SSSR count). The predicted octanol–water partition coefficient (Wildman–Crippen LogP) is 4.44. The van der Waals surface area contributed by atoms with Crippen LogP contribution in [0.3, 0.4) is 0 Å². The minimum atomic E-state index is 0.124. The van der Waals surface area contributed by atoms with Crippen molar-refractivity contribution in [3.8, 4) is 0 Å². The number of hydrogen-bond acceptors (Lipinski definition) is 2. The zero-order valence-corrected chi connectivity index (χ0v) is 13.3. The number of carbonyl (C=O) groups is 1. The van der Waals surface area contributed by atoms with Crippen LogP contribution in [0.4, 0.5) is 0 Å². The van der Waals surface area contributed by atoms with E-state index in [4.69, 9.17) is 0 Å². The quantitative estimate of drug-likeness (QED) is 0.531. The minimum absolute atomic E-state index is 0.124. The van der Waals surface area contributed by atoms with E-state index in [1.807, 2.05) is 55.6 Å². The maximum atomic E-state index is 12.1. The fraction of sp³-hybridized carbons (Fsp3) is 0.200. The fourth-order valence-electron chi connectivity index (χ4n) is 2.72. The Bertz CT molecular complexity index is 831. The molecule has 3 nitrogen and oxygen atoms in total. The molecule has 2 aromatic carbocycles. The summed E-state index contributed by atoms with van der Waals surface area (Å²) in [5.41, 5.74) is 4.06. The molecule has 0 unspecified atom stereocenters. The summed E-state index contributed by atoms with van der Waals surface area (Å²) < 4.78 is 0. The van der Waals surface area contributed by atoms with Gasteiger partial charge in [0.1, 0.15) is 0 Å². The second kappa shape index (κ2) is 7.05. The molecule has 3 aromatic rings. The van der Waals surface area contributed by atoms with Crippen LogP contribution >= 0.6 is 0 Å². The van der Waals surface area contributed by atoms with Gasteiger partial charge >= 0.3 is 0 Å². The van der Waals surface area contributed by atoms with E-state index in [0.717, 1.165) is 23.2 Å². The molecular formula is C20H20N2O. The summed E-state index contributed by atoms with van der Waals surface area (Å²) in [4.78, 5) is 20.0. The van der Waals surface area contributed by atoms with Gasteiger partial charge in [0, 0.05) is 41.3 Å². The summed E-state index contributed by atoms with van der Waals surface area (Å²) in [6.07, 6.45) is 3.31. The Morgan fingerprint density at radius 1 is 1.04 bits per heavy atom. The van der Waals surface area contributed by atoms with E-state index in [1.165, 1.54) is 10.9 Å². The lowest BCUT2D eigenvalue weighted by atomic mass is 10.1. The number of aromatic amines is 1. The number of benzene rings is 2. The Balaban J connectivity index is 1.58. The number of fused-ring (bicyclic) bond motifs is 1. The van der Waals surface area contributed by atoms with Gasteiger partial charge in [-0.15, -0.1) is 0 Å². The van der Waals surface area contributed by atoms with Crippen LogP contribution in [-0.2, 0) is 6.42 Å². The van der Waals surface area contributed by atoms with Crippen molar-refractivity contribution in [2.45, 2.75) is 19.8 Å². The first-order valence-corrected chi connectivity index (χ1v) is 7.87. The Morgan fingerprint density at radius 3 is 2.61 bits per heavy atom. The monoisotopic (exact) mass is 304 g/mol. The number of H-pyrrole nitrogens is 1. The topological polar surface area (TPSA) is 45.2 Å². The maximum Gasteiger partial charge on any atom is 0.168 e. The molecule has 1 aromatic heterocycles. The van der Waals surface area contributed by atoms with Crippen molar-refractivity contribution < 1.29 is 4.79 Å². The van der Waals surface area contributed by atoms with Crippen molar-refractivity contribution in [2.75, 3.05) is 6.54 Å². The first-order valence-electron chi connectivity index (χ1n) is 7.87. The van der Waals surface area contributed by atoms with Gasteiger partial charge in [-0.2, -0.15) is 0 Å². The zero-order chi connectivity index (χ0) is 16.1. The van der Waals surface area contributed by atoms with Crippen LogP contribution in [0.15, 0.2) is 65.8 Å². The van der Waals surface area contributed by atoms with E-state index in [2.05, 4.69) is 22.1 Å². The summed E-state index contributed by atoms with van der Waals surface area (Å²) in [6.45, 7) is 2.63. The summed E-state index contributed by atoms with van der Waals surface area (Å²) >= 11 is 0. The molecule has 116 valence electrons. The molecule has 0 amide bonds. The van der Waals surface area contributed by atoms with Gasteiger partial charge in [0.15, 0.2) is 5.78 Å². The van der Waals surface area contributed by atoms with E-state index >= 15 is 0 Å². The minimum Gasteiger partial charge on any atom is -0.361 e. The van der Waals surface area contributed by atoms with Gasteiger partial charge in [0.05, 0.1) is 0 Å². The third-order valence-corrected chi connectivity index (χ3v) is 3.95. The number of nitrogens with zero attached hydrogens (tertiary/aromatic N) is 1. The van der Waals surface area contributed by atoms with Gasteiger partial charge in [-0.25, -0.2) is 0 Å². The average molecular weight is 304 g/mol. The highest BCUT2D eigenvalue weighted by molar-refractivity contribution is 6.08. The number of nitrogens with one attached hydrogen (secondary N) is 1. The molecule has 0 aliphatic rings. The van der Waals surface area contributed by atoms with Crippen molar-refractivity contribution in [1.82, 2.24) is 4.98 Å². The Kier molecular flexibility index (Phi) is 4.67. The second-order valence-corrected chi connectivity index (χ2v) is 5.69. The molecule has 0 bridgehead atoms. The number of carbonyl (C=O) groups excluding carboxylic acids is 1. The van der Waals surface area contributed by atoms with Gasteiger partial charge in [-0.05, 0) is 25.0 Å². The van der Waals surface area contributed by atoms with E-state index in [1.54, 1.807) is 0 Å². The number of hydrogen-bond donors (Lipinski definition) is 1. The molecule has 0 fully saturated rings. The molecule has 1 heterocycles. The lowest BCUT2D eigenvalue weighted by molar-refractivity contribution is 0.100. The van der Waals surface area contributed by atoms with E-state index < -0.39 is 0 Å². The standard InChI is InChI=1S/C20H20N2O/c1-15(13-20(23)16-7-3-2-4-8-16)21-12-11-17-14-22-19-10-6-5-9-18(17)19/h2-10,14,22H,11-13H2,1H3. The van der Waals surface area contributed by atoms with Gasteiger partial charge < -0.3 is 4.98 Å². The molecule has 0 spiro atoms. The normalized spacial score (nSPS) is 11.8. The lowest BCUT2D eigenvalue weighted by Gasteiger charge is -2.02. The SMILES string of the molecule is CC(CC(=O)c1ccccc1)=NCCc1c[nH]c2ccccc12. The molecule has 3 heteroatoms. The molecule has 0 aliphatic heterocycles. The second-order valence-electron chi connectivity index (χ2n) is 5.69. The largest absolute Gasteiger partial charge is 0.361 e. The van der Waals surface area contributed by atoms with Gasteiger partial charge in [0.2, 0.25) is 0 Å². The first kappa shape index (κ1) is 15.2. The third-order valence-electron chi connectivity index (χ3n) is 3.95. The van der Waals surface area contributed by atoms with Gasteiger partial charge in [-0.1, -0.05) is 48.5 Å². The molecule has 1 N–H and O–H groups in total. The van der Waals surface area contributed by atoms with E-state index in [0.29, 0.717) is 13.0 Å². The summed E-state index contributed by atoms with van der Waals surface area (Å²) in [6, 6.07) is 17.7. The molecular weight excluding hydrogens is 284 g/mol. The maximum absolute atomic E-state index is 12.1. The number of aromatic nitrogens is 1. The molecule has 0 atom stereocenters. The van der Waals surface area contributed by atoms with Crippen molar-refractivity contribution in [2.24, 2.45) is 4.99 Å². The van der Waals surface area contributed by atoms with Crippen LogP contribution in [0.1, 0.15) is 29.3 Å². The van der Waals surface area contributed by atoms with Crippen LogP contribution in [0, 0.1) is 0 Å². The average Bonchev–Trinajstić information content (AvgIpc) is 2.99. The molecule has 0 aliphatic carbocycles. The van der Waals surface area contributed by atoms with Crippen LogP contribution in [-0.4, -0.2) is 23.0 Å². The fourth-order valence-corrected chi connectivity index (χ4v) is 2.72. The number of aliphatic imine (C=N–C) groups is 1. The van der Waals surface area contributed by atoms with Crippen LogP contribution in [0.2, 0.25) is 0 Å². The highest BCUT2D eigenvalue weighted by atomic mass is 16.1. The highest BCUT2D eigenvalue weighted by Gasteiger charge is 2.07. The zero-order valence-electron chi connectivity index (χ0n) is 13.3. The first-order chi connectivity index (χ1) is 11.2. The summed E-state index contributed by atoms with van der Waals surface area (Å²) in [5.74, 6) is 0.124. The summed E-state index contributed by atoms with van der Waals surface area (Å²) in [7, 11) is 0.